The Labute approximate surface area is 83.0 Å². The molecule has 0 aromatic heterocycles. The van der Waals surface area contributed by atoms with Gasteiger partial charge in [-0.2, -0.15) is 0 Å². The lowest BCUT2D eigenvalue weighted by molar-refractivity contribution is 0.0266. The van der Waals surface area contributed by atoms with Gasteiger partial charge in [-0.1, -0.05) is 27.6 Å². The van der Waals surface area contributed by atoms with Crippen molar-refractivity contribution in [2.24, 2.45) is 5.92 Å². The average Bonchev–Trinajstić information content (AvgIpc) is 2.03. The van der Waals surface area contributed by atoms with Crippen molar-refractivity contribution in [1.29, 1.82) is 0 Å². The van der Waals surface area contributed by atoms with Gasteiger partial charge in [0.05, 0.1) is 5.60 Å². The lowest BCUT2D eigenvalue weighted by Gasteiger charge is -2.33. The second-order valence-corrected chi connectivity index (χ2v) is 4.61. The third-order valence-corrected chi connectivity index (χ3v) is 3.21. The summed E-state index contributed by atoms with van der Waals surface area (Å²) in [6, 6.07) is 0. The van der Waals surface area contributed by atoms with Gasteiger partial charge in [0.25, 0.3) is 0 Å². The molecule has 1 atom stereocenters. The van der Waals surface area contributed by atoms with E-state index < -0.39 is 5.60 Å². The molecule has 0 saturated heterocycles. The van der Waals surface area contributed by atoms with Gasteiger partial charge in [-0.15, -0.1) is 0 Å². The molecule has 0 saturated carbocycles. The summed E-state index contributed by atoms with van der Waals surface area (Å²) in [6.45, 7) is 3.80. The summed E-state index contributed by atoms with van der Waals surface area (Å²) >= 11 is 3.46. The molecule has 1 aliphatic rings. The van der Waals surface area contributed by atoms with Crippen LogP contribution in [0.4, 0.5) is 0 Å². The predicted molar refractivity (Wildman–Crippen MR) is 55.5 cm³/mol. The Morgan fingerprint density at radius 3 is 2.75 bits per heavy atom. The SMILES string of the molecule is CC(C)(O)[C@H]1CCCC=C1CBr. The van der Waals surface area contributed by atoms with Gasteiger partial charge in [0.1, 0.15) is 0 Å². The van der Waals surface area contributed by atoms with Gasteiger partial charge in [0.15, 0.2) is 0 Å². The highest BCUT2D eigenvalue weighted by Crippen LogP contribution is 2.34. The highest BCUT2D eigenvalue weighted by atomic mass is 79.9. The van der Waals surface area contributed by atoms with E-state index in [2.05, 4.69) is 22.0 Å². The van der Waals surface area contributed by atoms with E-state index in [0.29, 0.717) is 5.92 Å². The second-order valence-electron chi connectivity index (χ2n) is 4.05. The van der Waals surface area contributed by atoms with Crippen LogP contribution in [0.2, 0.25) is 0 Å². The first-order valence-corrected chi connectivity index (χ1v) is 5.65. The van der Waals surface area contributed by atoms with E-state index in [-0.39, 0.29) is 0 Å². The summed E-state index contributed by atoms with van der Waals surface area (Å²) in [7, 11) is 0. The molecule has 70 valence electrons. The van der Waals surface area contributed by atoms with Crippen LogP contribution in [0.25, 0.3) is 0 Å². The first-order chi connectivity index (χ1) is 5.55. The van der Waals surface area contributed by atoms with E-state index in [1.165, 1.54) is 18.4 Å². The monoisotopic (exact) mass is 232 g/mol. The zero-order valence-electron chi connectivity index (χ0n) is 7.81. The van der Waals surface area contributed by atoms with Crippen molar-refractivity contribution in [2.45, 2.75) is 38.7 Å². The molecule has 12 heavy (non-hydrogen) atoms. The summed E-state index contributed by atoms with van der Waals surface area (Å²) in [4.78, 5) is 0. The van der Waals surface area contributed by atoms with Crippen molar-refractivity contribution < 1.29 is 5.11 Å². The molecule has 0 fully saturated rings. The smallest absolute Gasteiger partial charge is 0.0657 e. The first-order valence-electron chi connectivity index (χ1n) is 4.53. The Morgan fingerprint density at radius 1 is 1.67 bits per heavy atom. The summed E-state index contributed by atoms with van der Waals surface area (Å²) in [5.74, 6) is 0.352. The first kappa shape index (κ1) is 10.3. The van der Waals surface area contributed by atoms with E-state index in [1.807, 2.05) is 13.8 Å². The third kappa shape index (κ3) is 2.33. The number of rotatable bonds is 2. The van der Waals surface area contributed by atoms with Gasteiger partial charge in [0, 0.05) is 11.2 Å². The lowest BCUT2D eigenvalue weighted by atomic mass is 9.78. The molecular weight excluding hydrogens is 216 g/mol. The van der Waals surface area contributed by atoms with Gasteiger partial charge in [-0.3, -0.25) is 0 Å². The third-order valence-electron chi connectivity index (χ3n) is 2.56. The fourth-order valence-electron chi connectivity index (χ4n) is 1.89. The van der Waals surface area contributed by atoms with E-state index in [4.69, 9.17) is 0 Å². The standard InChI is InChI=1S/C10H17BrO/c1-10(2,12)9-6-4-3-5-8(9)7-11/h5,9,12H,3-4,6-7H2,1-2H3/t9-/m0/s1. The van der Waals surface area contributed by atoms with Crippen molar-refractivity contribution in [3.8, 4) is 0 Å². The molecule has 0 unspecified atom stereocenters. The van der Waals surface area contributed by atoms with Gasteiger partial charge in [-0.05, 0) is 33.1 Å². The Balaban J connectivity index is 2.75. The number of hydrogen-bond donors (Lipinski definition) is 1. The molecule has 1 N–H and O–H groups in total. The Bertz CT molecular complexity index is 179. The summed E-state index contributed by atoms with van der Waals surface area (Å²) < 4.78 is 0. The fourth-order valence-corrected chi connectivity index (χ4v) is 2.51. The zero-order valence-corrected chi connectivity index (χ0v) is 9.39. The minimum Gasteiger partial charge on any atom is -0.390 e. The number of allylic oxidation sites excluding steroid dienone is 1. The molecule has 0 bridgehead atoms. The lowest BCUT2D eigenvalue weighted by Crippen LogP contribution is -2.33. The van der Waals surface area contributed by atoms with E-state index in [0.717, 1.165) is 11.8 Å². The normalized spacial score (nSPS) is 25.3. The maximum Gasteiger partial charge on any atom is 0.0657 e. The van der Waals surface area contributed by atoms with Crippen molar-refractivity contribution in [3.05, 3.63) is 11.6 Å². The van der Waals surface area contributed by atoms with Crippen molar-refractivity contribution in [3.63, 3.8) is 0 Å². The molecule has 0 aromatic carbocycles. The van der Waals surface area contributed by atoms with E-state index >= 15 is 0 Å². The molecule has 0 amide bonds. The molecule has 1 rings (SSSR count). The predicted octanol–water partition coefficient (Wildman–Crippen LogP) is 2.88. The van der Waals surface area contributed by atoms with Crippen LogP contribution in [0.1, 0.15) is 33.1 Å². The van der Waals surface area contributed by atoms with Crippen LogP contribution >= 0.6 is 15.9 Å². The highest BCUT2D eigenvalue weighted by Gasteiger charge is 2.30. The summed E-state index contributed by atoms with van der Waals surface area (Å²) in [6.07, 6.45) is 5.78. The highest BCUT2D eigenvalue weighted by molar-refractivity contribution is 9.09. The van der Waals surface area contributed by atoms with Gasteiger partial charge in [0.2, 0.25) is 0 Å². The maximum absolute atomic E-state index is 9.88. The van der Waals surface area contributed by atoms with Crippen LogP contribution in [0.15, 0.2) is 11.6 Å². The molecule has 0 heterocycles. The second kappa shape index (κ2) is 3.93. The van der Waals surface area contributed by atoms with Gasteiger partial charge < -0.3 is 5.11 Å². The minimum absolute atomic E-state index is 0.352. The van der Waals surface area contributed by atoms with Crippen molar-refractivity contribution in [1.82, 2.24) is 0 Å². The maximum atomic E-state index is 9.88. The molecule has 1 aliphatic carbocycles. The number of hydrogen-bond acceptors (Lipinski definition) is 1. The molecular formula is C10H17BrO. The molecule has 1 nitrogen and oxygen atoms in total. The van der Waals surface area contributed by atoms with E-state index in [1.54, 1.807) is 0 Å². The van der Waals surface area contributed by atoms with Crippen molar-refractivity contribution >= 4 is 15.9 Å². The van der Waals surface area contributed by atoms with Crippen LogP contribution < -0.4 is 0 Å². The Kier molecular flexibility index (Phi) is 3.36. The average molecular weight is 233 g/mol. The molecule has 0 aliphatic heterocycles. The Morgan fingerprint density at radius 2 is 2.33 bits per heavy atom. The Hall–Kier alpha value is 0.180. The molecule has 0 aromatic rings. The fraction of sp³-hybridized carbons (Fsp3) is 0.800. The van der Waals surface area contributed by atoms with Crippen LogP contribution in [0, 0.1) is 5.92 Å². The topological polar surface area (TPSA) is 20.2 Å². The van der Waals surface area contributed by atoms with Crippen LogP contribution in [-0.2, 0) is 0 Å². The van der Waals surface area contributed by atoms with Gasteiger partial charge >= 0.3 is 0 Å². The summed E-state index contributed by atoms with van der Waals surface area (Å²) in [5, 5.41) is 10.8. The van der Waals surface area contributed by atoms with Crippen LogP contribution in [0.3, 0.4) is 0 Å². The minimum atomic E-state index is -0.556. The molecule has 2 heteroatoms. The number of alkyl halides is 1. The largest absolute Gasteiger partial charge is 0.390 e. The van der Waals surface area contributed by atoms with Crippen molar-refractivity contribution in [2.75, 3.05) is 5.33 Å². The molecule has 0 spiro atoms. The van der Waals surface area contributed by atoms with Crippen LogP contribution in [0.5, 0.6) is 0 Å². The summed E-state index contributed by atoms with van der Waals surface area (Å²) in [5.41, 5.74) is 0.814. The van der Waals surface area contributed by atoms with Gasteiger partial charge in [-0.25, -0.2) is 0 Å². The number of halogens is 1. The van der Waals surface area contributed by atoms with Crippen LogP contribution in [-0.4, -0.2) is 16.0 Å². The molecule has 0 radical (unpaired) electrons. The van der Waals surface area contributed by atoms with E-state index in [9.17, 15) is 5.11 Å². The zero-order chi connectivity index (χ0) is 9.19. The number of aliphatic hydroxyl groups is 1. The quantitative estimate of drug-likeness (QED) is 0.574.